The first-order valence-electron chi connectivity index (χ1n) is 6.49. The van der Waals surface area contributed by atoms with Gasteiger partial charge in [0, 0.05) is 5.69 Å². The number of nitrogens with zero attached hydrogens (tertiary/aromatic N) is 3. The normalized spacial score (nSPS) is 12.9. The molecule has 2 heterocycles. The second-order valence-corrected chi connectivity index (χ2v) is 5.16. The number of rotatable bonds is 5. The summed E-state index contributed by atoms with van der Waals surface area (Å²) >= 11 is 0. The molecule has 1 unspecified atom stereocenters. The van der Waals surface area contributed by atoms with Crippen molar-refractivity contribution in [3.05, 3.63) is 29.8 Å². The minimum atomic E-state index is -0.446. The maximum absolute atomic E-state index is 9.85. The summed E-state index contributed by atoms with van der Waals surface area (Å²) in [6.45, 7) is 6.05. The van der Waals surface area contributed by atoms with Crippen molar-refractivity contribution < 1.29 is 9.63 Å². The van der Waals surface area contributed by atoms with Crippen molar-refractivity contribution >= 4 is 0 Å². The first kappa shape index (κ1) is 13.7. The predicted molar refractivity (Wildman–Crippen MR) is 71.4 cm³/mol. The molecule has 0 saturated heterocycles. The van der Waals surface area contributed by atoms with Crippen molar-refractivity contribution in [3.63, 3.8) is 0 Å². The Bertz CT molecular complexity index is 537. The van der Waals surface area contributed by atoms with E-state index in [9.17, 15) is 5.11 Å². The predicted octanol–water partition coefficient (Wildman–Crippen LogP) is 2.39. The van der Waals surface area contributed by atoms with Crippen LogP contribution in [-0.4, -0.2) is 26.3 Å². The maximum atomic E-state index is 9.85. The lowest BCUT2D eigenvalue weighted by atomic mass is 10.0. The molecule has 0 spiro atoms. The van der Waals surface area contributed by atoms with Crippen LogP contribution in [-0.2, 0) is 6.42 Å². The van der Waals surface area contributed by atoms with Crippen LogP contribution in [0, 0.1) is 12.8 Å². The molecule has 0 aromatic carbocycles. The minimum absolute atomic E-state index is 0.386. The van der Waals surface area contributed by atoms with Crippen molar-refractivity contribution in [1.29, 1.82) is 0 Å². The average Bonchev–Trinajstić information content (AvgIpc) is 2.76. The van der Waals surface area contributed by atoms with Crippen molar-refractivity contribution in [3.8, 4) is 11.5 Å². The molecule has 1 atom stereocenters. The van der Waals surface area contributed by atoms with Gasteiger partial charge in [-0.15, -0.1) is 0 Å². The molecule has 1 N–H and O–H groups in total. The van der Waals surface area contributed by atoms with Crippen LogP contribution in [0.5, 0.6) is 0 Å². The van der Waals surface area contributed by atoms with Gasteiger partial charge in [-0.3, -0.25) is 0 Å². The summed E-state index contributed by atoms with van der Waals surface area (Å²) in [5, 5.41) is 13.8. The molecule has 0 amide bonds. The zero-order valence-corrected chi connectivity index (χ0v) is 11.5. The zero-order chi connectivity index (χ0) is 13.8. The van der Waals surface area contributed by atoms with E-state index < -0.39 is 6.10 Å². The fraction of sp³-hybridized carbons (Fsp3) is 0.500. The quantitative estimate of drug-likeness (QED) is 0.894. The highest BCUT2D eigenvalue weighted by Crippen LogP contribution is 2.15. The molecule has 0 bridgehead atoms. The van der Waals surface area contributed by atoms with Gasteiger partial charge < -0.3 is 9.63 Å². The van der Waals surface area contributed by atoms with Gasteiger partial charge in [-0.05, 0) is 31.4 Å². The van der Waals surface area contributed by atoms with E-state index in [1.54, 1.807) is 0 Å². The van der Waals surface area contributed by atoms with Crippen LogP contribution in [0.3, 0.4) is 0 Å². The Morgan fingerprint density at radius 3 is 2.74 bits per heavy atom. The van der Waals surface area contributed by atoms with E-state index in [0.717, 1.165) is 12.1 Å². The Labute approximate surface area is 112 Å². The number of aromatic nitrogens is 3. The molecule has 0 radical (unpaired) electrons. The summed E-state index contributed by atoms with van der Waals surface area (Å²) < 4.78 is 5.15. The van der Waals surface area contributed by atoms with E-state index in [2.05, 4.69) is 29.0 Å². The molecule has 0 aliphatic carbocycles. The molecule has 5 heteroatoms. The van der Waals surface area contributed by atoms with E-state index in [1.165, 1.54) is 0 Å². The van der Waals surface area contributed by atoms with Crippen LogP contribution in [0.15, 0.2) is 22.7 Å². The van der Waals surface area contributed by atoms with Gasteiger partial charge in [0.05, 0.1) is 12.5 Å². The molecule has 5 nitrogen and oxygen atoms in total. The van der Waals surface area contributed by atoms with Crippen LogP contribution in [0.1, 0.15) is 31.9 Å². The van der Waals surface area contributed by atoms with Gasteiger partial charge in [0.25, 0.3) is 0 Å². The first-order valence-corrected chi connectivity index (χ1v) is 6.49. The molecule has 19 heavy (non-hydrogen) atoms. The van der Waals surface area contributed by atoms with Crippen LogP contribution >= 0.6 is 0 Å². The van der Waals surface area contributed by atoms with Crippen LogP contribution < -0.4 is 0 Å². The fourth-order valence-corrected chi connectivity index (χ4v) is 1.94. The molecule has 0 saturated carbocycles. The van der Waals surface area contributed by atoms with Gasteiger partial charge in [0.2, 0.25) is 11.7 Å². The second-order valence-electron chi connectivity index (χ2n) is 5.16. The summed E-state index contributed by atoms with van der Waals surface area (Å²) in [4.78, 5) is 8.61. The Morgan fingerprint density at radius 2 is 2.05 bits per heavy atom. The number of pyridine rings is 1. The Balaban J connectivity index is 2.07. The summed E-state index contributed by atoms with van der Waals surface area (Å²) in [6, 6.07) is 5.66. The molecule has 0 fully saturated rings. The van der Waals surface area contributed by atoms with Gasteiger partial charge in [-0.1, -0.05) is 25.1 Å². The largest absolute Gasteiger partial charge is 0.393 e. The lowest BCUT2D eigenvalue weighted by Gasteiger charge is -2.09. The van der Waals surface area contributed by atoms with E-state index >= 15 is 0 Å². The molecule has 102 valence electrons. The number of hydrogen-bond acceptors (Lipinski definition) is 5. The number of aryl methyl sites for hydroxylation is 1. The summed E-state index contributed by atoms with van der Waals surface area (Å²) in [5.74, 6) is 1.36. The summed E-state index contributed by atoms with van der Waals surface area (Å²) in [6.07, 6.45) is 0.663. The van der Waals surface area contributed by atoms with Gasteiger partial charge in [-0.25, -0.2) is 4.98 Å². The summed E-state index contributed by atoms with van der Waals surface area (Å²) in [5.41, 5.74) is 1.59. The van der Waals surface area contributed by atoms with E-state index in [0.29, 0.717) is 29.7 Å². The highest BCUT2D eigenvalue weighted by Gasteiger charge is 2.15. The second kappa shape index (κ2) is 5.93. The SMILES string of the molecule is Cc1cccc(-c2noc(CC(O)CC(C)C)n2)n1. The van der Waals surface area contributed by atoms with Gasteiger partial charge in [-0.2, -0.15) is 4.98 Å². The Hall–Kier alpha value is -1.75. The van der Waals surface area contributed by atoms with Gasteiger partial charge in [0.15, 0.2) is 0 Å². The summed E-state index contributed by atoms with van der Waals surface area (Å²) in [7, 11) is 0. The number of aliphatic hydroxyl groups is 1. The van der Waals surface area contributed by atoms with Gasteiger partial charge in [0.1, 0.15) is 5.69 Å². The minimum Gasteiger partial charge on any atom is -0.393 e. The lowest BCUT2D eigenvalue weighted by molar-refractivity contribution is 0.138. The van der Waals surface area contributed by atoms with Crippen molar-refractivity contribution in [2.75, 3.05) is 0 Å². The molecule has 2 aromatic rings. The van der Waals surface area contributed by atoms with E-state index in [1.807, 2.05) is 25.1 Å². The highest BCUT2D eigenvalue weighted by molar-refractivity contribution is 5.47. The molecule has 2 aromatic heterocycles. The fourth-order valence-electron chi connectivity index (χ4n) is 1.94. The van der Waals surface area contributed by atoms with Crippen molar-refractivity contribution in [2.45, 2.75) is 39.7 Å². The monoisotopic (exact) mass is 261 g/mol. The van der Waals surface area contributed by atoms with Crippen LogP contribution in [0.2, 0.25) is 0 Å². The average molecular weight is 261 g/mol. The third kappa shape index (κ3) is 3.86. The zero-order valence-electron chi connectivity index (χ0n) is 11.5. The highest BCUT2D eigenvalue weighted by atomic mass is 16.5. The Morgan fingerprint density at radius 1 is 1.26 bits per heavy atom. The Kier molecular flexibility index (Phi) is 4.27. The van der Waals surface area contributed by atoms with Crippen LogP contribution in [0.25, 0.3) is 11.5 Å². The van der Waals surface area contributed by atoms with Crippen molar-refractivity contribution in [1.82, 2.24) is 15.1 Å². The van der Waals surface area contributed by atoms with Crippen LogP contribution in [0.4, 0.5) is 0 Å². The van der Waals surface area contributed by atoms with E-state index in [-0.39, 0.29) is 0 Å². The first-order chi connectivity index (χ1) is 9.04. The third-order valence-electron chi connectivity index (χ3n) is 2.74. The number of aliphatic hydroxyl groups excluding tert-OH is 1. The smallest absolute Gasteiger partial charge is 0.229 e. The topological polar surface area (TPSA) is 72.0 Å². The van der Waals surface area contributed by atoms with Gasteiger partial charge >= 0.3 is 0 Å². The van der Waals surface area contributed by atoms with Crippen molar-refractivity contribution in [2.24, 2.45) is 5.92 Å². The standard InChI is InChI=1S/C14H19N3O2/c1-9(2)7-11(18)8-13-16-14(17-19-13)12-6-4-5-10(3)15-12/h4-6,9,11,18H,7-8H2,1-3H3. The third-order valence-corrected chi connectivity index (χ3v) is 2.74. The molecular weight excluding hydrogens is 242 g/mol. The molecule has 0 aliphatic heterocycles. The molecular formula is C14H19N3O2. The lowest BCUT2D eigenvalue weighted by Crippen LogP contribution is -2.13. The van der Waals surface area contributed by atoms with E-state index in [4.69, 9.17) is 4.52 Å². The maximum Gasteiger partial charge on any atom is 0.229 e. The molecule has 0 aliphatic rings. The number of hydrogen-bond donors (Lipinski definition) is 1. The molecule has 2 rings (SSSR count).